The largest absolute Gasteiger partial charge is 0.416 e. The second kappa shape index (κ2) is 11.2. The normalized spacial score (nSPS) is 12.9. The molecule has 33 heavy (non-hydrogen) atoms. The first-order valence-corrected chi connectivity index (χ1v) is 13.7. The number of benzene rings is 1. The van der Waals surface area contributed by atoms with Crippen molar-refractivity contribution in [1.29, 1.82) is 0 Å². The van der Waals surface area contributed by atoms with Crippen LogP contribution in [0.25, 0.3) is 10.1 Å². The van der Waals surface area contributed by atoms with Crippen LogP contribution in [0.5, 0.6) is 5.06 Å². The molecule has 0 radical (unpaired) electrons. The average molecular weight is 516 g/mol. The zero-order chi connectivity index (χ0) is 24.2. The number of halogens is 3. The Bertz CT molecular complexity index is 1100. The van der Waals surface area contributed by atoms with Crippen LogP contribution in [0.2, 0.25) is 0 Å². The number of carbonyl (C=O) groups excluding carboxylic acids is 1. The molecule has 1 unspecified atom stereocenters. The summed E-state index contributed by atoms with van der Waals surface area (Å²) in [5.41, 5.74) is 1.21. The molecule has 180 valence electrons. The molecule has 1 atom stereocenters. The minimum absolute atomic E-state index is 0.238. The van der Waals surface area contributed by atoms with E-state index in [1.165, 1.54) is 39.7 Å². The number of nitrogens with zero attached hydrogens (tertiary/aromatic N) is 1. The van der Waals surface area contributed by atoms with Crippen LogP contribution in [0.3, 0.4) is 0 Å². The summed E-state index contributed by atoms with van der Waals surface area (Å²) in [6, 6.07) is 4.05. The third-order valence-corrected chi connectivity index (χ3v) is 9.03. The molecule has 0 saturated carbocycles. The van der Waals surface area contributed by atoms with Gasteiger partial charge in [0.2, 0.25) is 5.06 Å². The molecule has 9 heteroatoms. The molecular weight excluding hydrogens is 487 g/mol. The Morgan fingerprint density at radius 2 is 1.91 bits per heavy atom. The summed E-state index contributed by atoms with van der Waals surface area (Å²) < 4.78 is 46.4. The van der Waals surface area contributed by atoms with Crippen molar-refractivity contribution in [3.8, 4) is 5.06 Å². The number of thiazole rings is 1. The lowest BCUT2D eigenvalue weighted by Crippen LogP contribution is -2.06. The number of rotatable bonds is 10. The van der Waals surface area contributed by atoms with Crippen molar-refractivity contribution in [3.05, 3.63) is 39.9 Å². The SMILES string of the molecule is CCCC(=O)Oc1sc(SCCC(CCC)c2sc3cc(C(F)(F)F)ccc3c2C)nc1C. The second-order valence-electron chi connectivity index (χ2n) is 8.00. The van der Waals surface area contributed by atoms with Gasteiger partial charge in [-0.25, -0.2) is 4.98 Å². The van der Waals surface area contributed by atoms with Crippen LogP contribution < -0.4 is 4.74 Å². The number of alkyl halides is 3. The Kier molecular flexibility index (Phi) is 8.86. The number of aryl methyl sites for hydroxylation is 2. The molecule has 3 aromatic rings. The zero-order valence-corrected chi connectivity index (χ0v) is 21.6. The van der Waals surface area contributed by atoms with Gasteiger partial charge in [0.25, 0.3) is 0 Å². The van der Waals surface area contributed by atoms with Crippen LogP contribution in [-0.4, -0.2) is 16.7 Å². The highest BCUT2D eigenvalue weighted by atomic mass is 32.2. The third kappa shape index (κ3) is 6.51. The predicted molar refractivity (Wildman–Crippen MR) is 132 cm³/mol. The highest BCUT2D eigenvalue weighted by Gasteiger charge is 2.31. The molecule has 0 aliphatic rings. The van der Waals surface area contributed by atoms with Gasteiger partial charge >= 0.3 is 12.1 Å². The smallest absolute Gasteiger partial charge is 0.413 e. The molecule has 0 N–H and O–H groups in total. The van der Waals surface area contributed by atoms with Crippen molar-refractivity contribution in [1.82, 2.24) is 4.98 Å². The van der Waals surface area contributed by atoms with Crippen LogP contribution >= 0.6 is 34.4 Å². The summed E-state index contributed by atoms with van der Waals surface area (Å²) in [5.74, 6) is 0.886. The van der Waals surface area contributed by atoms with E-state index in [2.05, 4.69) is 11.9 Å². The van der Waals surface area contributed by atoms with Crippen LogP contribution in [0.1, 0.15) is 73.6 Å². The Balaban J connectivity index is 1.71. The van der Waals surface area contributed by atoms with Crippen LogP contribution in [0.15, 0.2) is 22.5 Å². The molecule has 0 amide bonds. The highest BCUT2D eigenvalue weighted by Crippen LogP contribution is 2.42. The van der Waals surface area contributed by atoms with E-state index in [0.29, 0.717) is 16.2 Å². The number of hydrogen-bond donors (Lipinski definition) is 0. The molecule has 2 heterocycles. The minimum Gasteiger partial charge on any atom is -0.413 e. The molecule has 0 aliphatic heterocycles. The first-order valence-electron chi connectivity index (χ1n) is 11.0. The summed E-state index contributed by atoms with van der Waals surface area (Å²) >= 11 is 4.51. The number of esters is 1. The Morgan fingerprint density at radius 3 is 2.58 bits per heavy atom. The van der Waals surface area contributed by atoms with Gasteiger partial charge < -0.3 is 4.74 Å². The molecule has 3 nitrogen and oxygen atoms in total. The molecule has 0 aliphatic carbocycles. The summed E-state index contributed by atoms with van der Waals surface area (Å²) in [6.45, 7) is 7.91. The van der Waals surface area contributed by atoms with Crippen LogP contribution in [0.4, 0.5) is 13.2 Å². The van der Waals surface area contributed by atoms with Gasteiger partial charge in [-0.3, -0.25) is 4.79 Å². The summed E-state index contributed by atoms with van der Waals surface area (Å²) in [7, 11) is 0. The van der Waals surface area contributed by atoms with E-state index < -0.39 is 11.7 Å². The lowest BCUT2D eigenvalue weighted by Gasteiger charge is -2.15. The van der Waals surface area contributed by atoms with Crippen molar-refractivity contribution >= 4 is 50.5 Å². The molecule has 0 bridgehead atoms. The molecule has 3 rings (SSSR count). The monoisotopic (exact) mass is 515 g/mol. The maximum atomic E-state index is 13.1. The van der Waals surface area contributed by atoms with Gasteiger partial charge in [-0.05, 0) is 62.1 Å². The number of ether oxygens (including phenoxy) is 1. The lowest BCUT2D eigenvalue weighted by molar-refractivity contribution is -0.137. The van der Waals surface area contributed by atoms with Crippen LogP contribution in [-0.2, 0) is 11.0 Å². The molecular formula is C24H28F3NO2S3. The van der Waals surface area contributed by atoms with Crippen molar-refractivity contribution < 1.29 is 22.7 Å². The second-order valence-corrected chi connectivity index (χ2v) is 11.4. The third-order valence-electron chi connectivity index (χ3n) is 5.40. The number of thioether (sulfide) groups is 1. The number of carbonyl (C=O) groups is 1. The van der Waals surface area contributed by atoms with E-state index in [-0.39, 0.29) is 11.9 Å². The first kappa shape index (κ1) is 26.0. The van der Waals surface area contributed by atoms with Crippen molar-refractivity contribution in [2.24, 2.45) is 0 Å². The Labute approximate surface area is 204 Å². The maximum absolute atomic E-state index is 13.1. The molecule has 2 aromatic heterocycles. The molecule has 0 saturated heterocycles. The Morgan fingerprint density at radius 1 is 1.15 bits per heavy atom. The van der Waals surface area contributed by atoms with Crippen LogP contribution in [0, 0.1) is 13.8 Å². The summed E-state index contributed by atoms with van der Waals surface area (Å²) in [4.78, 5) is 17.5. The molecule has 0 spiro atoms. The van der Waals surface area contributed by atoms with Crippen molar-refractivity contribution in [2.45, 2.75) is 76.2 Å². The molecule has 0 fully saturated rings. The fourth-order valence-electron chi connectivity index (χ4n) is 3.73. The van der Waals surface area contributed by atoms with E-state index in [4.69, 9.17) is 4.74 Å². The number of aromatic nitrogens is 1. The van der Waals surface area contributed by atoms with Crippen molar-refractivity contribution in [3.63, 3.8) is 0 Å². The van der Waals surface area contributed by atoms with E-state index in [1.807, 2.05) is 20.8 Å². The standard InChI is InChI=1S/C24H28F3NO2S3/c1-5-7-16(11-12-31-23-28-15(4)22(33-23)30-20(29)8-6-2)21-14(3)18-10-9-17(24(25,26)27)13-19(18)32-21/h9-10,13,16H,5-8,11-12H2,1-4H3. The number of thiophene rings is 1. The van der Waals surface area contributed by atoms with Gasteiger partial charge in [-0.15, -0.1) is 11.3 Å². The summed E-state index contributed by atoms with van der Waals surface area (Å²) in [6.07, 6.45) is -0.311. The zero-order valence-electron chi connectivity index (χ0n) is 19.2. The fraction of sp³-hybridized carbons (Fsp3) is 0.500. The lowest BCUT2D eigenvalue weighted by atomic mass is 9.95. The van der Waals surface area contributed by atoms with E-state index in [0.717, 1.165) is 52.4 Å². The Hall–Kier alpha value is -1.58. The maximum Gasteiger partial charge on any atom is 0.416 e. The number of hydrogen-bond acceptors (Lipinski definition) is 6. The fourth-order valence-corrected chi connectivity index (χ4v) is 7.31. The van der Waals surface area contributed by atoms with E-state index >= 15 is 0 Å². The number of fused-ring (bicyclic) bond motifs is 1. The van der Waals surface area contributed by atoms with Gasteiger partial charge in [0, 0.05) is 21.8 Å². The first-order chi connectivity index (χ1) is 15.6. The van der Waals surface area contributed by atoms with Gasteiger partial charge in [0.05, 0.1) is 11.3 Å². The average Bonchev–Trinajstić information content (AvgIpc) is 3.26. The molecule has 1 aromatic carbocycles. The van der Waals surface area contributed by atoms with Gasteiger partial charge in [-0.1, -0.05) is 49.4 Å². The summed E-state index contributed by atoms with van der Waals surface area (Å²) in [5, 5.41) is 1.47. The van der Waals surface area contributed by atoms with Gasteiger partial charge in [-0.2, -0.15) is 13.2 Å². The topological polar surface area (TPSA) is 39.2 Å². The predicted octanol–water partition coefficient (Wildman–Crippen LogP) is 8.77. The van der Waals surface area contributed by atoms with Crippen molar-refractivity contribution in [2.75, 3.05) is 5.75 Å². The van der Waals surface area contributed by atoms with E-state index in [9.17, 15) is 18.0 Å². The van der Waals surface area contributed by atoms with Gasteiger partial charge in [0.15, 0.2) is 4.34 Å². The quantitative estimate of drug-likeness (QED) is 0.200. The minimum atomic E-state index is -4.33. The van der Waals surface area contributed by atoms with E-state index in [1.54, 1.807) is 17.8 Å². The van der Waals surface area contributed by atoms with Gasteiger partial charge in [0.1, 0.15) is 0 Å². The highest BCUT2D eigenvalue weighted by molar-refractivity contribution is 8.01.